The molecule has 174 valence electrons. The number of nitrogens with zero attached hydrogens (tertiary/aromatic N) is 1. The molecule has 2 heterocycles. The van der Waals surface area contributed by atoms with Gasteiger partial charge in [-0.05, 0) is 65.9 Å². The van der Waals surface area contributed by atoms with Crippen molar-refractivity contribution in [1.29, 1.82) is 0 Å². The van der Waals surface area contributed by atoms with Crippen molar-refractivity contribution in [2.24, 2.45) is 0 Å². The molecule has 5 nitrogen and oxygen atoms in total. The monoisotopic (exact) mass is 549 g/mol. The van der Waals surface area contributed by atoms with Crippen molar-refractivity contribution in [3.05, 3.63) is 79.3 Å². The molecule has 0 spiro atoms. The Morgan fingerprint density at radius 2 is 1.91 bits per heavy atom. The molecule has 0 unspecified atom stereocenters. The van der Waals surface area contributed by atoms with Gasteiger partial charge in [-0.3, -0.25) is 9.69 Å². The Balaban J connectivity index is 1.34. The summed E-state index contributed by atoms with van der Waals surface area (Å²) in [5.74, 6) is -0.536. The summed E-state index contributed by atoms with van der Waals surface area (Å²) in [6.45, 7) is 0.809. The van der Waals surface area contributed by atoms with E-state index in [2.05, 4.69) is 0 Å². The van der Waals surface area contributed by atoms with Crippen LogP contribution in [0.1, 0.15) is 21.7 Å². The van der Waals surface area contributed by atoms with Crippen LogP contribution in [0.4, 0.5) is 0 Å². The van der Waals surface area contributed by atoms with Gasteiger partial charge in [0.15, 0.2) is 0 Å². The molecule has 1 N–H and O–H groups in total. The standard InChI is InChI=1S/C24H17Cl2NO4S3/c25-16-4-7-19(20(26)11-16)15-10-18(33-13-15)12-21-22(28)27(24(32)34-21)8-1-9-31-17-5-2-14(3-6-17)23(29)30/h2-7,10-13H,1,8-9H2,(H,29,30)/b21-12-. The van der Waals surface area contributed by atoms with Gasteiger partial charge in [0.05, 0.1) is 17.1 Å². The third-order valence-electron chi connectivity index (χ3n) is 4.90. The highest BCUT2D eigenvalue weighted by Gasteiger charge is 2.31. The molecule has 0 atom stereocenters. The molecule has 10 heteroatoms. The van der Waals surface area contributed by atoms with Crippen LogP contribution >= 0.6 is 58.5 Å². The van der Waals surface area contributed by atoms with Gasteiger partial charge in [-0.15, -0.1) is 11.3 Å². The molecule has 34 heavy (non-hydrogen) atoms. The normalized spacial score (nSPS) is 14.8. The number of halogens is 2. The molecular weight excluding hydrogens is 533 g/mol. The molecule has 3 aromatic rings. The molecule has 1 aliphatic heterocycles. The number of aromatic carboxylic acids is 1. The first-order valence-electron chi connectivity index (χ1n) is 10.1. The molecule has 1 aromatic heterocycles. The first-order valence-corrected chi connectivity index (χ1v) is 12.9. The third kappa shape index (κ3) is 5.82. The maximum Gasteiger partial charge on any atom is 0.335 e. The molecule has 0 bridgehead atoms. The Bertz CT molecular complexity index is 1290. The number of thioether (sulfide) groups is 1. The minimum absolute atomic E-state index is 0.125. The van der Waals surface area contributed by atoms with Gasteiger partial charge >= 0.3 is 5.97 Å². The number of carboxylic acids is 1. The van der Waals surface area contributed by atoms with Crippen LogP contribution in [0.2, 0.25) is 10.0 Å². The minimum atomic E-state index is -0.985. The maximum atomic E-state index is 12.9. The molecule has 0 saturated carbocycles. The van der Waals surface area contributed by atoms with Crippen molar-refractivity contribution in [3.63, 3.8) is 0 Å². The first kappa shape index (κ1) is 24.8. The second kappa shape index (κ2) is 10.9. The molecule has 2 aromatic carbocycles. The highest BCUT2D eigenvalue weighted by molar-refractivity contribution is 8.26. The van der Waals surface area contributed by atoms with Crippen LogP contribution in [-0.4, -0.2) is 39.4 Å². The van der Waals surface area contributed by atoms with Crippen molar-refractivity contribution in [2.45, 2.75) is 6.42 Å². The highest BCUT2D eigenvalue weighted by Crippen LogP contribution is 2.37. The highest BCUT2D eigenvalue weighted by atomic mass is 35.5. The van der Waals surface area contributed by atoms with Crippen LogP contribution in [-0.2, 0) is 4.79 Å². The summed E-state index contributed by atoms with van der Waals surface area (Å²) in [5.41, 5.74) is 2.04. The Hall–Kier alpha value is -2.36. The number of thiocarbonyl (C=S) groups is 1. The van der Waals surface area contributed by atoms with Crippen LogP contribution in [0.15, 0.2) is 58.8 Å². The Kier molecular flexibility index (Phi) is 7.95. The minimum Gasteiger partial charge on any atom is -0.494 e. The fraction of sp³-hybridized carbons (Fsp3) is 0.125. The van der Waals surface area contributed by atoms with Crippen molar-refractivity contribution in [3.8, 4) is 16.9 Å². The summed E-state index contributed by atoms with van der Waals surface area (Å²) in [6.07, 6.45) is 2.43. The molecular formula is C24H17Cl2NO4S3. The number of benzene rings is 2. The first-order chi connectivity index (χ1) is 16.3. The van der Waals surface area contributed by atoms with Crippen LogP contribution < -0.4 is 4.74 Å². The molecule has 4 rings (SSSR count). The zero-order valence-electron chi connectivity index (χ0n) is 17.5. The van der Waals surface area contributed by atoms with E-state index < -0.39 is 5.97 Å². The van der Waals surface area contributed by atoms with E-state index in [1.165, 1.54) is 35.2 Å². The number of carbonyl (C=O) groups excluding carboxylic acids is 1. The number of rotatable bonds is 8. The predicted molar refractivity (Wildman–Crippen MR) is 143 cm³/mol. The number of carbonyl (C=O) groups is 2. The molecule has 1 fully saturated rings. The zero-order valence-corrected chi connectivity index (χ0v) is 21.5. The van der Waals surface area contributed by atoms with Gasteiger partial charge in [-0.1, -0.05) is 53.2 Å². The summed E-state index contributed by atoms with van der Waals surface area (Å²) in [5, 5.41) is 12.1. The van der Waals surface area contributed by atoms with Crippen LogP contribution in [0.25, 0.3) is 17.2 Å². The average molecular weight is 551 g/mol. The lowest BCUT2D eigenvalue weighted by atomic mass is 10.1. The number of carboxylic acid groups (broad SMARTS) is 1. The van der Waals surface area contributed by atoms with E-state index in [9.17, 15) is 9.59 Å². The molecule has 0 radical (unpaired) electrons. The summed E-state index contributed by atoms with van der Waals surface area (Å²) >= 11 is 20.5. The Labute approximate surface area is 219 Å². The number of hydrogen-bond donors (Lipinski definition) is 1. The maximum absolute atomic E-state index is 12.9. The molecule has 1 aliphatic rings. The summed E-state index contributed by atoms with van der Waals surface area (Å²) < 4.78 is 6.16. The van der Waals surface area contributed by atoms with Crippen molar-refractivity contribution < 1.29 is 19.4 Å². The number of thiophene rings is 1. The number of amides is 1. The molecule has 1 saturated heterocycles. The largest absolute Gasteiger partial charge is 0.494 e. The zero-order chi connectivity index (χ0) is 24.2. The van der Waals surface area contributed by atoms with Crippen LogP contribution in [0.5, 0.6) is 5.75 Å². The Morgan fingerprint density at radius 1 is 1.15 bits per heavy atom. The lowest BCUT2D eigenvalue weighted by Crippen LogP contribution is -2.29. The van der Waals surface area contributed by atoms with Gasteiger partial charge in [0.2, 0.25) is 0 Å². The fourth-order valence-corrected chi connectivity index (χ4v) is 5.95. The predicted octanol–water partition coefficient (Wildman–Crippen LogP) is 7.09. The van der Waals surface area contributed by atoms with E-state index in [1.807, 2.05) is 23.6 Å². The quantitative estimate of drug-likeness (QED) is 0.184. The van der Waals surface area contributed by atoms with Crippen molar-refractivity contribution >= 4 is 80.8 Å². The second-order valence-electron chi connectivity index (χ2n) is 7.23. The topological polar surface area (TPSA) is 66.8 Å². The molecule has 1 amide bonds. The van der Waals surface area contributed by atoms with E-state index in [0.29, 0.717) is 44.6 Å². The van der Waals surface area contributed by atoms with Gasteiger partial charge in [-0.25, -0.2) is 4.79 Å². The van der Waals surface area contributed by atoms with E-state index in [1.54, 1.807) is 29.2 Å². The summed E-state index contributed by atoms with van der Waals surface area (Å²) in [4.78, 5) is 26.9. The molecule has 0 aliphatic carbocycles. The van der Waals surface area contributed by atoms with E-state index in [0.717, 1.165) is 16.0 Å². The number of ether oxygens (including phenoxy) is 1. The summed E-state index contributed by atoms with van der Waals surface area (Å²) in [6, 6.07) is 13.5. The van der Waals surface area contributed by atoms with E-state index in [-0.39, 0.29) is 11.5 Å². The van der Waals surface area contributed by atoms with Crippen LogP contribution in [0, 0.1) is 0 Å². The van der Waals surface area contributed by atoms with Crippen LogP contribution in [0.3, 0.4) is 0 Å². The average Bonchev–Trinajstić information content (AvgIpc) is 3.36. The lowest BCUT2D eigenvalue weighted by Gasteiger charge is -2.14. The summed E-state index contributed by atoms with van der Waals surface area (Å²) in [7, 11) is 0. The SMILES string of the molecule is O=C(O)c1ccc(OCCCN2C(=O)/C(=C/c3cc(-c4ccc(Cl)cc4Cl)cs3)SC2=S)cc1. The number of hydrogen-bond acceptors (Lipinski definition) is 6. The fourth-order valence-electron chi connectivity index (χ4n) is 3.22. The third-order valence-corrected chi connectivity index (χ3v) is 7.71. The van der Waals surface area contributed by atoms with Gasteiger partial charge in [0.1, 0.15) is 10.1 Å². The van der Waals surface area contributed by atoms with Gasteiger partial charge in [0.25, 0.3) is 5.91 Å². The van der Waals surface area contributed by atoms with E-state index in [4.69, 9.17) is 45.3 Å². The Morgan fingerprint density at radius 3 is 2.62 bits per heavy atom. The van der Waals surface area contributed by atoms with Gasteiger partial charge in [0, 0.05) is 27.0 Å². The van der Waals surface area contributed by atoms with Gasteiger partial charge < -0.3 is 9.84 Å². The van der Waals surface area contributed by atoms with Crippen molar-refractivity contribution in [2.75, 3.05) is 13.2 Å². The lowest BCUT2D eigenvalue weighted by molar-refractivity contribution is -0.122. The van der Waals surface area contributed by atoms with Gasteiger partial charge in [-0.2, -0.15) is 0 Å². The van der Waals surface area contributed by atoms with Crippen molar-refractivity contribution in [1.82, 2.24) is 4.90 Å². The van der Waals surface area contributed by atoms with E-state index >= 15 is 0 Å². The smallest absolute Gasteiger partial charge is 0.335 e. The second-order valence-corrected chi connectivity index (χ2v) is 10.7.